The molecule has 3 rings (SSSR count). The van der Waals surface area contributed by atoms with E-state index in [9.17, 15) is 0 Å². The summed E-state index contributed by atoms with van der Waals surface area (Å²) in [7, 11) is -1.64. The summed E-state index contributed by atoms with van der Waals surface area (Å²) in [5, 5.41) is 4.57. The van der Waals surface area contributed by atoms with Crippen LogP contribution in [0.2, 0.25) is 0 Å². The summed E-state index contributed by atoms with van der Waals surface area (Å²) in [6.07, 6.45) is 27.0. The molecule has 0 radical (unpaired) electrons. The Kier molecular flexibility index (Phi) is 16.2. The molecule has 1 heteroatoms. The van der Waals surface area contributed by atoms with Crippen molar-refractivity contribution in [2.45, 2.75) is 122 Å². The first-order valence-corrected chi connectivity index (χ1v) is 18.4. The summed E-state index contributed by atoms with van der Waals surface area (Å²) in [5.74, 6) is 0. The number of benzene rings is 3. The molecule has 3 aromatic carbocycles. The molecule has 0 unspecified atom stereocenters. The molecule has 212 valence electrons. The van der Waals surface area contributed by atoms with Gasteiger partial charge in [-0.2, -0.15) is 0 Å². The minimum atomic E-state index is -1.64. The van der Waals surface area contributed by atoms with E-state index in [0.29, 0.717) is 0 Å². The van der Waals surface area contributed by atoms with Crippen molar-refractivity contribution in [3.63, 3.8) is 0 Å². The van der Waals surface area contributed by atoms with Crippen LogP contribution >= 0.6 is 7.26 Å². The lowest BCUT2D eigenvalue weighted by atomic mass is 10.0. The summed E-state index contributed by atoms with van der Waals surface area (Å²) in [6, 6.07) is 34.1. The van der Waals surface area contributed by atoms with Crippen LogP contribution in [0, 0.1) is 0 Å². The van der Waals surface area contributed by atoms with Crippen LogP contribution < -0.4 is 15.9 Å². The second kappa shape index (κ2) is 20.0. The Hall–Kier alpha value is -1.91. The third-order valence-corrected chi connectivity index (χ3v) is 13.0. The summed E-state index contributed by atoms with van der Waals surface area (Å²) in [4.78, 5) is 0. The SMILES string of the molecule is CCCCCCCCCCCCCCCCCCCC[P+](c1ccccc1)(c1ccccc1)c1ccccc1. The van der Waals surface area contributed by atoms with E-state index in [2.05, 4.69) is 97.9 Å². The Labute approximate surface area is 242 Å². The normalized spacial score (nSPS) is 11.6. The fraction of sp³-hybridized carbons (Fsp3) is 0.526. The first-order valence-electron chi connectivity index (χ1n) is 16.4. The Bertz CT molecular complexity index is 853. The quantitative estimate of drug-likeness (QED) is 0.0873. The highest BCUT2D eigenvalue weighted by Gasteiger charge is 2.44. The van der Waals surface area contributed by atoms with Crippen LogP contribution in [0.5, 0.6) is 0 Å². The number of hydrogen-bond donors (Lipinski definition) is 0. The largest absolute Gasteiger partial charge is 0.112 e. The number of rotatable bonds is 22. The molecular weight excluding hydrogens is 487 g/mol. The van der Waals surface area contributed by atoms with E-state index in [-0.39, 0.29) is 0 Å². The van der Waals surface area contributed by atoms with Gasteiger partial charge in [-0.1, -0.05) is 164 Å². The van der Waals surface area contributed by atoms with E-state index >= 15 is 0 Å². The summed E-state index contributed by atoms with van der Waals surface area (Å²) in [5.41, 5.74) is 0. The van der Waals surface area contributed by atoms with Crippen molar-refractivity contribution in [1.82, 2.24) is 0 Å². The van der Waals surface area contributed by atoms with E-state index in [0.717, 1.165) is 0 Å². The highest BCUT2D eigenvalue weighted by molar-refractivity contribution is 7.95. The third-order valence-electron chi connectivity index (χ3n) is 8.44. The summed E-state index contributed by atoms with van der Waals surface area (Å²) < 4.78 is 0. The molecule has 0 saturated carbocycles. The average Bonchev–Trinajstić information content (AvgIpc) is 3.00. The Morgan fingerprint density at radius 1 is 0.333 bits per heavy atom. The summed E-state index contributed by atoms with van der Waals surface area (Å²) >= 11 is 0. The Morgan fingerprint density at radius 3 is 0.872 bits per heavy atom. The van der Waals surface area contributed by atoms with Gasteiger partial charge in [0, 0.05) is 0 Å². The molecule has 0 aromatic heterocycles. The second-order valence-corrected chi connectivity index (χ2v) is 15.2. The van der Waals surface area contributed by atoms with Gasteiger partial charge >= 0.3 is 0 Å². The first-order chi connectivity index (χ1) is 19.4. The van der Waals surface area contributed by atoms with Gasteiger partial charge in [0.05, 0.1) is 6.16 Å². The maximum atomic E-state index is 2.38. The van der Waals surface area contributed by atoms with Crippen LogP contribution in [0.15, 0.2) is 91.0 Å². The minimum absolute atomic E-state index is 1.27. The molecule has 39 heavy (non-hydrogen) atoms. The fourth-order valence-electron chi connectivity index (χ4n) is 6.13. The van der Waals surface area contributed by atoms with E-state index < -0.39 is 7.26 Å². The van der Waals surface area contributed by atoms with Crippen LogP contribution in [0.25, 0.3) is 0 Å². The summed E-state index contributed by atoms with van der Waals surface area (Å²) in [6.45, 7) is 2.30. The van der Waals surface area contributed by atoms with Gasteiger partial charge in [-0.25, -0.2) is 0 Å². The predicted molar refractivity (Wildman–Crippen MR) is 179 cm³/mol. The second-order valence-electron chi connectivity index (χ2n) is 11.6. The standard InChI is InChI=1S/C38H56P/c1-2-3-4-5-6-7-8-9-10-11-12-13-14-15-16-17-18-28-35-39(36-29-22-19-23-30-36,37-31-24-20-25-32-37)38-33-26-21-27-34-38/h19-27,29-34H,2-18,28,35H2,1H3/q+1. The molecule has 0 atom stereocenters. The van der Waals surface area contributed by atoms with Gasteiger partial charge in [-0.3, -0.25) is 0 Å². The minimum Gasteiger partial charge on any atom is -0.0654 e. The van der Waals surface area contributed by atoms with Crippen LogP contribution in [0.3, 0.4) is 0 Å². The molecule has 3 aromatic rings. The number of unbranched alkanes of at least 4 members (excludes halogenated alkanes) is 17. The van der Waals surface area contributed by atoms with Crippen molar-refractivity contribution in [3.05, 3.63) is 91.0 Å². The molecule has 0 saturated heterocycles. The van der Waals surface area contributed by atoms with Crippen LogP contribution in [0.4, 0.5) is 0 Å². The molecule has 0 amide bonds. The lowest BCUT2D eigenvalue weighted by Gasteiger charge is -2.27. The molecule has 0 nitrogen and oxygen atoms in total. The van der Waals surface area contributed by atoms with E-state index in [1.165, 1.54) is 138 Å². The monoisotopic (exact) mass is 543 g/mol. The Morgan fingerprint density at radius 2 is 0.590 bits per heavy atom. The van der Waals surface area contributed by atoms with E-state index in [1.807, 2.05) is 0 Å². The van der Waals surface area contributed by atoms with Crippen molar-refractivity contribution in [2.75, 3.05) is 6.16 Å². The highest BCUT2D eigenvalue weighted by atomic mass is 31.2. The van der Waals surface area contributed by atoms with Gasteiger partial charge in [0.2, 0.25) is 0 Å². The predicted octanol–water partition coefficient (Wildman–Crippen LogP) is 11.0. The molecular formula is C38H56P+. The van der Waals surface area contributed by atoms with Crippen molar-refractivity contribution in [1.29, 1.82) is 0 Å². The molecule has 0 N–H and O–H groups in total. The lowest BCUT2D eigenvalue weighted by Crippen LogP contribution is -2.33. The van der Waals surface area contributed by atoms with Gasteiger partial charge in [0.1, 0.15) is 23.2 Å². The molecule has 0 aliphatic carbocycles. The molecule has 0 spiro atoms. The highest BCUT2D eigenvalue weighted by Crippen LogP contribution is 2.56. The van der Waals surface area contributed by atoms with Gasteiger partial charge in [0.25, 0.3) is 0 Å². The van der Waals surface area contributed by atoms with Gasteiger partial charge in [-0.05, 0) is 49.2 Å². The number of hydrogen-bond acceptors (Lipinski definition) is 0. The first kappa shape index (κ1) is 31.6. The zero-order chi connectivity index (χ0) is 27.3. The topological polar surface area (TPSA) is 0 Å². The van der Waals surface area contributed by atoms with Crippen LogP contribution in [-0.2, 0) is 0 Å². The zero-order valence-electron chi connectivity index (χ0n) is 25.0. The van der Waals surface area contributed by atoms with Crippen molar-refractivity contribution < 1.29 is 0 Å². The maximum Gasteiger partial charge on any atom is 0.112 e. The molecule has 0 aliphatic rings. The Balaban J connectivity index is 1.34. The molecule has 0 fully saturated rings. The molecule has 0 aliphatic heterocycles. The maximum absolute atomic E-state index is 2.38. The van der Waals surface area contributed by atoms with Crippen molar-refractivity contribution in [2.24, 2.45) is 0 Å². The third kappa shape index (κ3) is 11.2. The van der Waals surface area contributed by atoms with Gasteiger partial charge < -0.3 is 0 Å². The molecule has 0 heterocycles. The fourth-order valence-corrected chi connectivity index (χ4v) is 10.5. The zero-order valence-corrected chi connectivity index (χ0v) is 25.9. The van der Waals surface area contributed by atoms with Gasteiger partial charge in [0.15, 0.2) is 0 Å². The lowest BCUT2D eigenvalue weighted by molar-refractivity contribution is 0.526. The smallest absolute Gasteiger partial charge is 0.0654 e. The molecule has 0 bridgehead atoms. The van der Waals surface area contributed by atoms with Gasteiger partial charge in [-0.15, -0.1) is 0 Å². The van der Waals surface area contributed by atoms with Crippen molar-refractivity contribution >= 4 is 23.2 Å². The van der Waals surface area contributed by atoms with E-state index in [1.54, 1.807) is 0 Å². The average molecular weight is 544 g/mol. The van der Waals surface area contributed by atoms with Crippen molar-refractivity contribution in [3.8, 4) is 0 Å². The van der Waals surface area contributed by atoms with E-state index in [4.69, 9.17) is 0 Å². The van der Waals surface area contributed by atoms with Crippen LogP contribution in [0.1, 0.15) is 122 Å². The van der Waals surface area contributed by atoms with Crippen LogP contribution in [-0.4, -0.2) is 6.16 Å².